The van der Waals surface area contributed by atoms with Crippen LogP contribution in [0, 0.1) is 12.8 Å². The minimum Gasteiger partial charge on any atom is -0.363 e. The molecule has 3 aliphatic rings. The average Bonchev–Trinajstić information content (AvgIpc) is 2.49. The number of hydrogen-bond acceptors (Lipinski definition) is 3. The van der Waals surface area contributed by atoms with E-state index in [1.165, 1.54) is 37.2 Å². The van der Waals surface area contributed by atoms with Crippen LogP contribution in [-0.2, 0) is 0 Å². The Bertz CT molecular complexity index is 465. The number of nitrogens with two attached hydrogens (primary N) is 1. The molecule has 0 aromatic heterocycles. The van der Waals surface area contributed by atoms with Crippen LogP contribution in [0.2, 0.25) is 0 Å². The first-order chi connectivity index (χ1) is 9.69. The SMILES string of the molecule is CCN(c1cccc(C)c1)C1(CN)CN2CCC1CC2. The number of aryl methyl sites for hydroxylation is 1. The molecule has 0 spiro atoms. The van der Waals surface area contributed by atoms with Gasteiger partial charge in [0.1, 0.15) is 0 Å². The Balaban J connectivity index is 1.98. The number of anilines is 1. The summed E-state index contributed by atoms with van der Waals surface area (Å²) in [6.45, 7) is 9.88. The summed E-state index contributed by atoms with van der Waals surface area (Å²) in [5, 5.41) is 0. The second-order valence-corrected chi connectivity index (χ2v) is 6.44. The molecule has 1 atom stereocenters. The maximum absolute atomic E-state index is 6.31. The summed E-state index contributed by atoms with van der Waals surface area (Å²) < 4.78 is 0. The minimum atomic E-state index is 0.138. The Morgan fingerprint density at radius 1 is 1.35 bits per heavy atom. The molecule has 1 unspecified atom stereocenters. The van der Waals surface area contributed by atoms with Gasteiger partial charge in [0.05, 0.1) is 5.54 Å². The first-order valence-electron chi connectivity index (χ1n) is 7.96. The van der Waals surface area contributed by atoms with Crippen molar-refractivity contribution in [2.45, 2.75) is 32.2 Å². The van der Waals surface area contributed by atoms with E-state index in [9.17, 15) is 0 Å². The van der Waals surface area contributed by atoms with E-state index < -0.39 is 0 Å². The highest BCUT2D eigenvalue weighted by molar-refractivity contribution is 5.52. The number of rotatable bonds is 4. The van der Waals surface area contributed by atoms with Gasteiger partial charge < -0.3 is 15.5 Å². The van der Waals surface area contributed by atoms with Gasteiger partial charge in [0, 0.05) is 25.3 Å². The standard InChI is InChI=1S/C17H27N3/c1-3-20(16-6-4-5-14(2)11-16)17(12-18)13-19-9-7-15(17)8-10-19/h4-6,11,15H,3,7-10,12-13,18H2,1-2H3. The zero-order valence-electron chi connectivity index (χ0n) is 12.8. The number of benzene rings is 1. The molecule has 0 amide bonds. The van der Waals surface area contributed by atoms with Crippen molar-refractivity contribution in [3.05, 3.63) is 29.8 Å². The van der Waals surface area contributed by atoms with Gasteiger partial charge in [-0.05, 0) is 63.4 Å². The van der Waals surface area contributed by atoms with Crippen molar-refractivity contribution in [2.24, 2.45) is 11.7 Å². The largest absolute Gasteiger partial charge is 0.363 e. The molecular weight excluding hydrogens is 246 g/mol. The molecule has 0 radical (unpaired) electrons. The van der Waals surface area contributed by atoms with Crippen molar-refractivity contribution in [2.75, 3.05) is 37.6 Å². The lowest BCUT2D eigenvalue weighted by molar-refractivity contribution is 0.0285. The summed E-state index contributed by atoms with van der Waals surface area (Å²) in [4.78, 5) is 5.18. The highest BCUT2D eigenvalue weighted by atomic mass is 15.3. The second-order valence-electron chi connectivity index (χ2n) is 6.44. The Morgan fingerprint density at radius 3 is 2.60 bits per heavy atom. The number of nitrogens with zero attached hydrogens (tertiary/aromatic N) is 2. The lowest BCUT2D eigenvalue weighted by atomic mass is 9.71. The average molecular weight is 273 g/mol. The summed E-state index contributed by atoms with van der Waals surface area (Å²) >= 11 is 0. The van der Waals surface area contributed by atoms with E-state index in [0.717, 1.165) is 25.6 Å². The molecule has 2 bridgehead atoms. The van der Waals surface area contributed by atoms with Gasteiger partial charge in [-0.1, -0.05) is 12.1 Å². The Labute approximate surface area is 122 Å². The van der Waals surface area contributed by atoms with Crippen molar-refractivity contribution in [1.29, 1.82) is 0 Å². The van der Waals surface area contributed by atoms with Crippen molar-refractivity contribution < 1.29 is 0 Å². The van der Waals surface area contributed by atoms with E-state index in [4.69, 9.17) is 5.73 Å². The first kappa shape index (κ1) is 13.9. The third kappa shape index (κ3) is 2.13. The molecule has 110 valence electrons. The van der Waals surface area contributed by atoms with E-state index in [-0.39, 0.29) is 5.54 Å². The maximum Gasteiger partial charge on any atom is 0.0679 e. The van der Waals surface area contributed by atoms with Crippen LogP contribution in [0.15, 0.2) is 24.3 Å². The topological polar surface area (TPSA) is 32.5 Å². The van der Waals surface area contributed by atoms with E-state index >= 15 is 0 Å². The number of likely N-dealkylation sites (N-methyl/N-ethyl adjacent to an activating group) is 1. The summed E-state index contributed by atoms with van der Waals surface area (Å²) in [6.07, 6.45) is 2.61. The predicted molar refractivity (Wildman–Crippen MR) is 85.1 cm³/mol. The molecule has 3 fully saturated rings. The van der Waals surface area contributed by atoms with Gasteiger partial charge in [0.25, 0.3) is 0 Å². The fourth-order valence-electron chi connectivity index (χ4n) is 4.34. The number of piperidine rings is 3. The molecule has 2 N–H and O–H groups in total. The van der Waals surface area contributed by atoms with Gasteiger partial charge in [-0.25, -0.2) is 0 Å². The fraction of sp³-hybridized carbons (Fsp3) is 0.647. The molecule has 1 aromatic carbocycles. The van der Waals surface area contributed by atoms with Crippen LogP contribution < -0.4 is 10.6 Å². The van der Waals surface area contributed by atoms with Crippen LogP contribution in [0.4, 0.5) is 5.69 Å². The fourth-order valence-corrected chi connectivity index (χ4v) is 4.34. The molecule has 4 rings (SSSR count). The lowest BCUT2D eigenvalue weighted by Crippen LogP contribution is -2.70. The van der Waals surface area contributed by atoms with Crippen LogP contribution in [0.1, 0.15) is 25.3 Å². The van der Waals surface area contributed by atoms with Crippen molar-refractivity contribution >= 4 is 5.69 Å². The maximum atomic E-state index is 6.31. The molecule has 20 heavy (non-hydrogen) atoms. The zero-order valence-corrected chi connectivity index (χ0v) is 12.8. The van der Waals surface area contributed by atoms with Crippen molar-refractivity contribution in [1.82, 2.24) is 4.90 Å². The molecular formula is C17H27N3. The highest BCUT2D eigenvalue weighted by Crippen LogP contribution is 2.41. The second kappa shape index (κ2) is 5.38. The Morgan fingerprint density at radius 2 is 2.10 bits per heavy atom. The first-order valence-corrected chi connectivity index (χ1v) is 7.96. The summed E-state index contributed by atoms with van der Waals surface area (Å²) in [5.74, 6) is 0.748. The van der Waals surface area contributed by atoms with Gasteiger partial charge in [0.2, 0.25) is 0 Å². The van der Waals surface area contributed by atoms with Gasteiger partial charge in [0.15, 0.2) is 0 Å². The molecule has 0 aliphatic carbocycles. The van der Waals surface area contributed by atoms with Crippen molar-refractivity contribution in [3.63, 3.8) is 0 Å². The normalized spacial score (nSPS) is 32.4. The van der Waals surface area contributed by atoms with E-state index in [1.807, 2.05) is 0 Å². The molecule has 3 heterocycles. The predicted octanol–water partition coefficient (Wildman–Crippen LogP) is 2.24. The number of hydrogen-bond donors (Lipinski definition) is 1. The molecule has 3 heteroatoms. The monoisotopic (exact) mass is 273 g/mol. The molecule has 3 nitrogen and oxygen atoms in total. The van der Waals surface area contributed by atoms with Crippen molar-refractivity contribution in [3.8, 4) is 0 Å². The van der Waals surface area contributed by atoms with E-state index in [2.05, 4.69) is 47.9 Å². The Hall–Kier alpha value is -1.06. The molecule has 3 aliphatic heterocycles. The summed E-state index contributed by atoms with van der Waals surface area (Å²) in [6, 6.07) is 8.88. The van der Waals surface area contributed by atoms with Gasteiger partial charge in [-0.3, -0.25) is 0 Å². The van der Waals surface area contributed by atoms with Crippen LogP contribution >= 0.6 is 0 Å². The molecule has 1 aromatic rings. The van der Waals surface area contributed by atoms with Gasteiger partial charge in [-0.2, -0.15) is 0 Å². The number of fused-ring (bicyclic) bond motifs is 3. The summed E-state index contributed by atoms with van der Waals surface area (Å²) in [5.41, 5.74) is 9.11. The highest BCUT2D eigenvalue weighted by Gasteiger charge is 2.49. The summed E-state index contributed by atoms with van der Waals surface area (Å²) in [7, 11) is 0. The minimum absolute atomic E-state index is 0.138. The third-order valence-corrected chi connectivity index (χ3v) is 5.37. The zero-order chi connectivity index (χ0) is 14.2. The van der Waals surface area contributed by atoms with E-state index in [1.54, 1.807) is 0 Å². The lowest BCUT2D eigenvalue weighted by Gasteiger charge is -2.58. The van der Waals surface area contributed by atoms with Crippen LogP contribution in [0.25, 0.3) is 0 Å². The van der Waals surface area contributed by atoms with Crippen LogP contribution in [0.5, 0.6) is 0 Å². The third-order valence-electron chi connectivity index (χ3n) is 5.37. The van der Waals surface area contributed by atoms with Crippen LogP contribution in [0.3, 0.4) is 0 Å². The van der Waals surface area contributed by atoms with Gasteiger partial charge in [-0.15, -0.1) is 0 Å². The van der Waals surface area contributed by atoms with E-state index in [0.29, 0.717) is 0 Å². The Kier molecular flexibility index (Phi) is 3.74. The molecule has 0 saturated carbocycles. The molecule has 3 saturated heterocycles. The van der Waals surface area contributed by atoms with Gasteiger partial charge >= 0.3 is 0 Å². The quantitative estimate of drug-likeness (QED) is 0.913. The van der Waals surface area contributed by atoms with Crippen LogP contribution in [-0.4, -0.2) is 43.2 Å². The smallest absolute Gasteiger partial charge is 0.0679 e.